The van der Waals surface area contributed by atoms with Gasteiger partial charge in [0.25, 0.3) is 0 Å². The van der Waals surface area contributed by atoms with Gasteiger partial charge in [0.1, 0.15) is 4.58 Å². The van der Waals surface area contributed by atoms with Crippen LogP contribution in [0, 0.1) is 0 Å². The Morgan fingerprint density at radius 2 is 2.21 bits per heavy atom. The van der Waals surface area contributed by atoms with Crippen molar-refractivity contribution in [2.24, 2.45) is 0 Å². The van der Waals surface area contributed by atoms with E-state index in [-0.39, 0.29) is 4.58 Å². The molecule has 1 nitrogen and oxygen atoms in total. The lowest BCUT2D eigenvalue weighted by atomic mass is 10.2. The van der Waals surface area contributed by atoms with Crippen LogP contribution < -0.4 is 0 Å². The van der Waals surface area contributed by atoms with Crippen LogP contribution in [0.4, 0.5) is 0 Å². The summed E-state index contributed by atoms with van der Waals surface area (Å²) in [5, 5.41) is 0. The molecule has 1 heterocycles. The highest BCUT2D eigenvalue weighted by Gasteiger charge is 2.24. The van der Waals surface area contributed by atoms with Gasteiger partial charge in [0.15, 0.2) is 0 Å². The molecule has 14 heavy (non-hydrogen) atoms. The van der Waals surface area contributed by atoms with Crippen LogP contribution in [-0.2, 0) is 10.8 Å². The number of benzene rings is 1. The molecule has 2 rings (SSSR count). The molecule has 1 aliphatic heterocycles. The van der Waals surface area contributed by atoms with Gasteiger partial charge >= 0.3 is 0 Å². The highest BCUT2D eigenvalue weighted by atomic mass is 79.9. The van der Waals surface area contributed by atoms with Crippen molar-refractivity contribution in [3.63, 3.8) is 0 Å². The van der Waals surface area contributed by atoms with Gasteiger partial charge in [-0.25, -0.2) is 0 Å². The third kappa shape index (κ3) is 2.23. The summed E-state index contributed by atoms with van der Waals surface area (Å²) in [6, 6.07) is 8.07. The van der Waals surface area contributed by atoms with Crippen LogP contribution >= 0.6 is 27.7 Å². The molecule has 1 saturated heterocycles. The van der Waals surface area contributed by atoms with E-state index in [0.29, 0.717) is 0 Å². The van der Waals surface area contributed by atoms with Gasteiger partial charge < -0.3 is 0 Å². The summed E-state index contributed by atoms with van der Waals surface area (Å²) < 4.78 is 13.1. The second kappa shape index (κ2) is 4.81. The lowest BCUT2D eigenvalue weighted by Gasteiger charge is -2.21. The molecule has 1 unspecified atom stereocenters. The Kier molecular flexibility index (Phi) is 3.68. The van der Waals surface area contributed by atoms with Crippen LogP contribution in [0.1, 0.15) is 16.6 Å². The van der Waals surface area contributed by atoms with Crippen molar-refractivity contribution < 1.29 is 4.21 Å². The van der Waals surface area contributed by atoms with Gasteiger partial charge in [-0.3, -0.25) is 4.21 Å². The molecular weight excluding hydrogens is 280 g/mol. The van der Waals surface area contributed by atoms with E-state index in [1.165, 1.54) is 5.56 Å². The molecule has 4 heteroatoms. The Morgan fingerprint density at radius 1 is 1.43 bits per heavy atom. The molecular formula is C10H11BrOS2. The van der Waals surface area contributed by atoms with E-state index in [2.05, 4.69) is 22.0 Å². The normalized spacial score (nSPS) is 27.5. The maximum atomic E-state index is 11.8. The highest BCUT2D eigenvalue weighted by molar-refractivity contribution is 9.10. The number of hydrogen-bond donors (Lipinski definition) is 0. The molecule has 0 bridgehead atoms. The summed E-state index contributed by atoms with van der Waals surface area (Å²) >= 11 is 5.32. The lowest BCUT2D eigenvalue weighted by Crippen LogP contribution is -2.14. The SMILES string of the molecule is O=S1CCCS[C@H]1c1ccccc1Br. The van der Waals surface area contributed by atoms with Gasteiger partial charge in [-0.15, -0.1) is 11.8 Å². The molecule has 76 valence electrons. The minimum atomic E-state index is -0.706. The van der Waals surface area contributed by atoms with Gasteiger partial charge in [0.2, 0.25) is 0 Å². The van der Waals surface area contributed by atoms with Gasteiger partial charge in [0, 0.05) is 21.0 Å². The fourth-order valence-electron chi connectivity index (χ4n) is 1.47. The molecule has 1 aromatic carbocycles. The first-order chi connectivity index (χ1) is 6.79. The minimum Gasteiger partial charge on any atom is -0.258 e. The third-order valence-electron chi connectivity index (χ3n) is 2.16. The Bertz CT molecular complexity index is 354. The van der Waals surface area contributed by atoms with Crippen LogP contribution in [-0.4, -0.2) is 15.7 Å². The molecule has 0 amide bonds. The zero-order valence-electron chi connectivity index (χ0n) is 7.61. The quantitative estimate of drug-likeness (QED) is 0.789. The molecule has 2 atom stereocenters. The molecule has 0 aliphatic carbocycles. The Hall–Kier alpha value is 0.200. The van der Waals surface area contributed by atoms with E-state index in [0.717, 1.165) is 22.4 Å². The third-order valence-corrected chi connectivity index (χ3v) is 6.43. The highest BCUT2D eigenvalue weighted by Crippen LogP contribution is 2.39. The minimum absolute atomic E-state index is 0.166. The van der Waals surface area contributed by atoms with Crippen LogP contribution in [0.5, 0.6) is 0 Å². The van der Waals surface area contributed by atoms with E-state index in [9.17, 15) is 4.21 Å². The molecule has 0 spiro atoms. The van der Waals surface area contributed by atoms with Crippen molar-refractivity contribution in [3.8, 4) is 0 Å². The van der Waals surface area contributed by atoms with Gasteiger partial charge in [-0.2, -0.15) is 0 Å². The monoisotopic (exact) mass is 290 g/mol. The first kappa shape index (κ1) is 10.7. The van der Waals surface area contributed by atoms with Crippen LogP contribution in [0.3, 0.4) is 0 Å². The van der Waals surface area contributed by atoms with Crippen molar-refractivity contribution in [2.45, 2.75) is 11.0 Å². The molecule has 1 aromatic rings. The average molecular weight is 291 g/mol. The zero-order chi connectivity index (χ0) is 9.97. The summed E-state index contributed by atoms with van der Waals surface area (Å²) in [6.45, 7) is 0. The Labute approximate surface area is 99.3 Å². The zero-order valence-corrected chi connectivity index (χ0v) is 10.8. The van der Waals surface area contributed by atoms with Crippen molar-refractivity contribution in [1.29, 1.82) is 0 Å². The average Bonchev–Trinajstić information content (AvgIpc) is 2.20. The maximum Gasteiger partial charge on any atom is 0.106 e. The summed E-state index contributed by atoms with van der Waals surface area (Å²) in [6.07, 6.45) is 1.08. The summed E-state index contributed by atoms with van der Waals surface area (Å²) in [5.41, 5.74) is 1.18. The van der Waals surface area contributed by atoms with Crippen molar-refractivity contribution in [2.75, 3.05) is 11.5 Å². The topological polar surface area (TPSA) is 17.1 Å². The van der Waals surface area contributed by atoms with Crippen molar-refractivity contribution in [1.82, 2.24) is 0 Å². The summed E-state index contributed by atoms with van der Waals surface area (Å²) in [5.74, 6) is 1.97. The predicted molar refractivity (Wildman–Crippen MR) is 67.0 cm³/mol. The molecule has 0 saturated carbocycles. The number of halogens is 1. The van der Waals surface area contributed by atoms with E-state index >= 15 is 0 Å². The Balaban J connectivity index is 2.29. The van der Waals surface area contributed by atoms with E-state index in [1.807, 2.05) is 30.0 Å². The second-order valence-electron chi connectivity index (χ2n) is 3.16. The van der Waals surface area contributed by atoms with E-state index in [4.69, 9.17) is 0 Å². The fourth-order valence-corrected chi connectivity index (χ4v) is 5.70. The number of rotatable bonds is 1. The predicted octanol–water partition coefficient (Wildman–Crippen LogP) is 3.33. The molecule has 1 fully saturated rings. The number of hydrogen-bond acceptors (Lipinski definition) is 2. The van der Waals surface area contributed by atoms with Crippen LogP contribution in [0.15, 0.2) is 28.7 Å². The maximum absolute atomic E-state index is 11.8. The molecule has 0 aromatic heterocycles. The Morgan fingerprint density at radius 3 is 2.93 bits per heavy atom. The van der Waals surface area contributed by atoms with Gasteiger partial charge in [0.05, 0.1) is 0 Å². The number of thioether (sulfide) groups is 1. The van der Waals surface area contributed by atoms with E-state index < -0.39 is 10.8 Å². The van der Waals surface area contributed by atoms with Crippen molar-refractivity contribution >= 4 is 38.5 Å². The molecule has 1 aliphatic rings. The molecule has 0 N–H and O–H groups in total. The largest absolute Gasteiger partial charge is 0.258 e. The smallest absolute Gasteiger partial charge is 0.106 e. The first-order valence-electron chi connectivity index (χ1n) is 4.52. The fraction of sp³-hybridized carbons (Fsp3) is 0.400. The van der Waals surface area contributed by atoms with Crippen molar-refractivity contribution in [3.05, 3.63) is 34.3 Å². The van der Waals surface area contributed by atoms with E-state index in [1.54, 1.807) is 0 Å². The standard InChI is InChI=1S/C10H11BrOS2/c11-9-5-2-1-4-8(9)10-13-6-3-7-14(10)12/h1-2,4-5,10H,3,6-7H2/t10-,14?/m1/s1. The summed E-state index contributed by atoms with van der Waals surface area (Å²) in [7, 11) is -0.706. The lowest BCUT2D eigenvalue weighted by molar-refractivity contribution is 0.679. The van der Waals surface area contributed by atoms with Gasteiger partial charge in [-0.1, -0.05) is 34.1 Å². The van der Waals surface area contributed by atoms with Crippen LogP contribution in [0.2, 0.25) is 0 Å². The summed E-state index contributed by atoms with van der Waals surface area (Å²) in [4.78, 5) is 0. The first-order valence-corrected chi connectivity index (χ1v) is 7.74. The van der Waals surface area contributed by atoms with Gasteiger partial charge in [-0.05, 0) is 23.8 Å². The van der Waals surface area contributed by atoms with Crippen LogP contribution in [0.25, 0.3) is 0 Å². The molecule has 0 radical (unpaired) electrons. The second-order valence-corrected chi connectivity index (χ2v) is 7.17.